The SMILES string of the molecule is CCC(C)(CC(CC(C)(CC(C)(C)C(=O)OCCON=Cc1c2ccccc2cc2ccccc12)C(=O)OCCO)C(=O)OCCC1CO1)C(=O)OCc1c2ccccc2cc2ccccc12. The van der Waals surface area contributed by atoms with Crippen molar-refractivity contribution in [1.82, 2.24) is 0 Å². The maximum absolute atomic E-state index is 14.3. The van der Waals surface area contributed by atoms with Crippen LogP contribution in [0.4, 0.5) is 0 Å². The molecule has 1 fully saturated rings. The lowest BCUT2D eigenvalue weighted by Gasteiger charge is -2.38. The first-order chi connectivity index (χ1) is 32.2. The lowest BCUT2D eigenvalue weighted by Crippen LogP contribution is -2.43. The number of hydrogen-bond donors (Lipinski definition) is 1. The highest BCUT2D eigenvalue weighted by Crippen LogP contribution is 2.45. The Balaban J connectivity index is 1.05. The quantitative estimate of drug-likeness (QED) is 0.0124. The number of epoxide rings is 1. The van der Waals surface area contributed by atoms with Gasteiger partial charge in [-0.05, 0) is 109 Å². The van der Waals surface area contributed by atoms with Crippen LogP contribution in [-0.2, 0) is 54.3 Å². The van der Waals surface area contributed by atoms with Gasteiger partial charge >= 0.3 is 23.9 Å². The lowest BCUT2D eigenvalue weighted by atomic mass is 9.67. The van der Waals surface area contributed by atoms with Crippen molar-refractivity contribution in [2.24, 2.45) is 27.3 Å². The molecule has 6 aromatic carbocycles. The second-order valence-electron chi connectivity index (χ2n) is 18.7. The van der Waals surface area contributed by atoms with E-state index in [2.05, 4.69) is 17.3 Å². The Morgan fingerprint density at radius 2 is 1.18 bits per heavy atom. The molecule has 1 saturated heterocycles. The van der Waals surface area contributed by atoms with Gasteiger partial charge in [0.25, 0.3) is 0 Å². The second-order valence-corrected chi connectivity index (χ2v) is 18.7. The Morgan fingerprint density at radius 3 is 1.73 bits per heavy atom. The fourth-order valence-electron chi connectivity index (χ4n) is 9.20. The number of benzene rings is 6. The third-order valence-electron chi connectivity index (χ3n) is 13.0. The number of rotatable bonds is 23. The van der Waals surface area contributed by atoms with Crippen molar-refractivity contribution in [3.8, 4) is 0 Å². The maximum atomic E-state index is 14.3. The molecule has 12 heteroatoms. The molecule has 0 aliphatic carbocycles. The summed E-state index contributed by atoms with van der Waals surface area (Å²) in [7, 11) is 0. The summed E-state index contributed by atoms with van der Waals surface area (Å²) < 4.78 is 28.5. The van der Waals surface area contributed by atoms with Crippen LogP contribution in [0.5, 0.6) is 0 Å². The van der Waals surface area contributed by atoms with Gasteiger partial charge in [-0.2, -0.15) is 0 Å². The van der Waals surface area contributed by atoms with Crippen molar-refractivity contribution in [2.75, 3.05) is 39.6 Å². The van der Waals surface area contributed by atoms with Crippen LogP contribution in [0.1, 0.15) is 77.8 Å². The summed E-state index contributed by atoms with van der Waals surface area (Å²) in [5.41, 5.74) is -2.16. The first kappa shape index (κ1) is 48.6. The van der Waals surface area contributed by atoms with Gasteiger partial charge in [-0.3, -0.25) is 19.2 Å². The lowest BCUT2D eigenvalue weighted by molar-refractivity contribution is -0.167. The van der Waals surface area contributed by atoms with E-state index in [-0.39, 0.29) is 58.4 Å². The number of hydrogen-bond acceptors (Lipinski definition) is 12. The normalized spacial score (nSPS) is 16.1. The molecule has 1 aliphatic rings. The number of carbonyl (C=O) groups is 4. The summed E-state index contributed by atoms with van der Waals surface area (Å²) >= 11 is 0. The molecule has 352 valence electrons. The van der Waals surface area contributed by atoms with Crippen LogP contribution in [0.25, 0.3) is 43.1 Å². The van der Waals surface area contributed by atoms with Gasteiger partial charge in [0.2, 0.25) is 0 Å². The van der Waals surface area contributed by atoms with E-state index in [4.69, 9.17) is 28.5 Å². The van der Waals surface area contributed by atoms with Crippen molar-refractivity contribution in [1.29, 1.82) is 0 Å². The fourth-order valence-corrected chi connectivity index (χ4v) is 9.20. The van der Waals surface area contributed by atoms with E-state index < -0.39 is 52.6 Å². The topological polar surface area (TPSA) is 160 Å². The number of nitrogens with zero attached hydrogens (tertiary/aromatic N) is 1. The minimum absolute atomic E-state index is 0.00702. The summed E-state index contributed by atoms with van der Waals surface area (Å²) in [6.07, 6.45) is 2.25. The number of oxime groups is 1. The molecular weight excluding hydrogens is 851 g/mol. The Morgan fingerprint density at radius 1 is 0.672 bits per heavy atom. The van der Waals surface area contributed by atoms with Crippen molar-refractivity contribution in [2.45, 2.75) is 79.4 Å². The second kappa shape index (κ2) is 21.5. The van der Waals surface area contributed by atoms with Crippen LogP contribution in [0.15, 0.2) is 114 Å². The molecular formula is C55H61NO11. The van der Waals surface area contributed by atoms with E-state index in [0.717, 1.165) is 54.2 Å². The molecule has 7 rings (SSSR count). The van der Waals surface area contributed by atoms with E-state index in [1.54, 1.807) is 33.9 Å². The molecule has 1 aliphatic heterocycles. The fraction of sp³-hybridized carbons (Fsp3) is 0.400. The highest BCUT2D eigenvalue weighted by molar-refractivity contribution is 6.13. The van der Waals surface area contributed by atoms with Crippen LogP contribution >= 0.6 is 0 Å². The molecule has 67 heavy (non-hydrogen) atoms. The highest BCUT2D eigenvalue weighted by atomic mass is 16.6. The zero-order valence-corrected chi connectivity index (χ0v) is 39.1. The number of aliphatic hydroxyl groups is 1. The Hall–Kier alpha value is -6.37. The minimum atomic E-state index is -1.48. The zero-order valence-electron chi connectivity index (χ0n) is 39.1. The molecule has 1 N–H and O–H groups in total. The predicted octanol–water partition coefficient (Wildman–Crippen LogP) is 10.0. The zero-order chi connectivity index (χ0) is 47.6. The predicted molar refractivity (Wildman–Crippen MR) is 258 cm³/mol. The smallest absolute Gasteiger partial charge is 0.312 e. The molecule has 4 atom stereocenters. The van der Waals surface area contributed by atoms with Crippen molar-refractivity contribution < 1.29 is 52.8 Å². The standard InChI is InChI=1S/C55H61NO11/c1-6-54(4,51(60)66-35-48-45-21-13-9-17-39(45)30-40-18-10-14-22-46(40)48)31-41(49(58)62-25-23-42-34-65-42)32-55(5,52(61)63-26-24-57)36-53(2,3)50(59)64-27-28-67-56-33-47-43-19-11-7-15-37(43)29-38-16-8-12-20-44(38)47/h7-22,29-30,33,41-42,57H,6,23-28,31-32,34-36H2,1-5H3. The molecule has 4 unspecified atom stereocenters. The van der Waals surface area contributed by atoms with Gasteiger partial charge in [0, 0.05) is 17.5 Å². The first-order valence-electron chi connectivity index (χ1n) is 23.1. The summed E-state index contributed by atoms with van der Waals surface area (Å²) in [4.78, 5) is 61.9. The van der Waals surface area contributed by atoms with Gasteiger partial charge in [0.1, 0.15) is 19.8 Å². The monoisotopic (exact) mass is 911 g/mol. The van der Waals surface area contributed by atoms with Crippen LogP contribution in [0.2, 0.25) is 0 Å². The van der Waals surface area contributed by atoms with Crippen molar-refractivity contribution in [3.05, 3.63) is 120 Å². The number of aliphatic hydroxyl groups excluding tert-OH is 1. The number of esters is 4. The summed E-state index contributed by atoms with van der Waals surface area (Å²) in [5, 5.41) is 22.0. The summed E-state index contributed by atoms with van der Waals surface area (Å²) in [5.74, 6) is -3.41. The van der Waals surface area contributed by atoms with Gasteiger partial charge in [-0.25, -0.2) is 0 Å². The summed E-state index contributed by atoms with van der Waals surface area (Å²) in [6, 6.07) is 36.2. The Bertz CT molecular complexity index is 2650. The van der Waals surface area contributed by atoms with E-state index in [0.29, 0.717) is 19.4 Å². The Kier molecular flexibility index (Phi) is 15.6. The average molecular weight is 912 g/mol. The van der Waals surface area contributed by atoms with Gasteiger partial charge in [-0.1, -0.05) is 109 Å². The van der Waals surface area contributed by atoms with Gasteiger partial charge in [0.15, 0.2) is 6.61 Å². The molecule has 0 spiro atoms. The van der Waals surface area contributed by atoms with E-state index in [1.165, 1.54) is 0 Å². The maximum Gasteiger partial charge on any atom is 0.312 e. The number of fused-ring (bicyclic) bond motifs is 4. The van der Waals surface area contributed by atoms with E-state index in [9.17, 15) is 24.3 Å². The number of ether oxygens (including phenoxy) is 5. The van der Waals surface area contributed by atoms with Crippen molar-refractivity contribution >= 4 is 73.2 Å². The minimum Gasteiger partial charge on any atom is -0.465 e. The van der Waals surface area contributed by atoms with E-state index in [1.807, 2.05) is 104 Å². The molecule has 0 bridgehead atoms. The molecule has 0 radical (unpaired) electrons. The molecule has 0 saturated carbocycles. The average Bonchev–Trinajstić information content (AvgIpc) is 4.16. The molecule has 0 aromatic heterocycles. The Labute approximate surface area is 391 Å². The van der Waals surface area contributed by atoms with Crippen LogP contribution in [-0.4, -0.2) is 80.9 Å². The molecule has 0 amide bonds. The van der Waals surface area contributed by atoms with Gasteiger partial charge in [0.05, 0.1) is 54.3 Å². The van der Waals surface area contributed by atoms with Crippen molar-refractivity contribution in [3.63, 3.8) is 0 Å². The van der Waals surface area contributed by atoms with Crippen LogP contribution < -0.4 is 0 Å². The van der Waals surface area contributed by atoms with Gasteiger partial charge in [-0.15, -0.1) is 0 Å². The third-order valence-corrected chi connectivity index (χ3v) is 13.0. The first-order valence-corrected chi connectivity index (χ1v) is 23.1. The largest absolute Gasteiger partial charge is 0.465 e. The summed E-state index contributed by atoms with van der Waals surface area (Å²) in [6.45, 7) is 8.39. The van der Waals surface area contributed by atoms with Crippen LogP contribution in [0.3, 0.4) is 0 Å². The molecule has 1 heterocycles. The van der Waals surface area contributed by atoms with E-state index >= 15 is 0 Å². The third kappa shape index (κ3) is 11.8. The number of carbonyl (C=O) groups excluding carboxylic acids is 4. The molecule has 12 nitrogen and oxygen atoms in total. The highest BCUT2D eigenvalue weighted by Gasteiger charge is 2.49. The van der Waals surface area contributed by atoms with Gasteiger partial charge < -0.3 is 33.6 Å². The van der Waals surface area contributed by atoms with Crippen LogP contribution in [0, 0.1) is 22.2 Å². The molecule has 6 aromatic rings.